The number of carbonyl (C=O) groups excluding carboxylic acids is 1. The van der Waals surface area contributed by atoms with Gasteiger partial charge in [0.05, 0.1) is 4.90 Å². The quantitative estimate of drug-likeness (QED) is 0.588. The zero-order chi connectivity index (χ0) is 22.0. The summed E-state index contributed by atoms with van der Waals surface area (Å²) >= 11 is 1.47. The lowest BCUT2D eigenvalue weighted by atomic mass is 9.95. The molecule has 4 rings (SSSR count). The summed E-state index contributed by atoms with van der Waals surface area (Å²) in [5, 5.41) is 13.5. The Kier molecular flexibility index (Phi) is 6.78. The standard InChI is InChI=1S/C22H29N3O4S2/c23-20(26)19-17-7-3-4-8-18(17)30-22(19)24-21(27)15-9-11-16(12-10-15)31(28,29)25-13-5-1-2-6-14-25/h9-12,20,26H,1-8,13-14,23H2,(H,24,27). The fourth-order valence-electron chi connectivity index (χ4n) is 4.38. The zero-order valence-electron chi connectivity index (χ0n) is 17.5. The minimum atomic E-state index is -3.55. The molecule has 1 aliphatic heterocycles. The average Bonchev–Trinajstić information content (AvgIpc) is 2.91. The van der Waals surface area contributed by atoms with Gasteiger partial charge in [0.15, 0.2) is 0 Å². The topological polar surface area (TPSA) is 113 Å². The van der Waals surface area contributed by atoms with E-state index in [1.54, 1.807) is 4.31 Å². The van der Waals surface area contributed by atoms with Gasteiger partial charge in [0.25, 0.3) is 5.91 Å². The van der Waals surface area contributed by atoms with E-state index in [2.05, 4.69) is 5.32 Å². The van der Waals surface area contributed by atoms with E-state index in [1.807, 2.05) is 0 Å². The summed E-state index contributed by atoms with van der Waals surface area (Å²) in [5.74, 6) is -0.348. The van der Waals surface area contributed by atoms with Crippen LogP contribution >= 0.6 is 11.3 Å². The Labute approximate surface area is 187 Å². The van der Waals surface area contributed by atoms with Crippen molar-refractivity contribution in [3.8, 4) is 0 Å². The molecular formula is C22H29N3O4S2. The Balaban J connectivity index is 1.52. The summed E-state index contributed by atoms with van der Waals surface area (Å²) in [5.41, 5.74) is 7.81. The van der Waals surface area contributed by atoms with Crippen molar-refractivity contribution in [1.82, 2.24) is 4.31 Å². The molecule has 1 amide bonds. The molecule has 2 aromatic rings. The van der Waals surface area contributed by atoms with E-state index in [0.29, 0.717) is 29.2 Å². The average molecular weight is 464 g/mol. The number of carbonyl (C=O) groups is 1. The number of sulfonamides is 1. The second-order valence-corrected chi connectivity index (χ2v) is 11.2. The number of aryl methyl sites for hydroxylation is 1. The molecule has 31 heavy (non-hydrogen) atoms. The Morgan fingerprint density at radius 1 is 1.03 bits per heavy atom. The maximum atomic E-state index is 12.9. The van der Waals surface area contributed by atoms with Crippen molar-refractivity contribution < 1.29 is 18.3 Å². The van der Waals surface area contributed by atoms with Crippen molar-refractivity contribution in [2.45, 2.75) is 62.5 Å². The minimum absolute atomic E-state index is 0.204. The summed E-state index contributed by atoms with van der Waals surface area (Å²) in [7, 11) is -3.55. The van der Waals surface area contributed by atoms with E-state index < -0.39 is 16.3 Å². The van der Waals surface area contributed by atoms with Crippen LogP contribution in [0.2, 0.25) is 0 Å². The summed E-state index contributed by atoms with van der Waals surface area (Å²) in [6.45, 7) is 1.08. The van der Waals surface area contributed by atoms with Crippen LogP contribution in [0.15, 0.2) is 29.2 Å². The van der Waals surface area contributed by atoms with Gasteiger partial charge in [-0.3, -0.25) is 4.79 Å². The molecule has 1 aromatic carbocycles. The number of amides is 1. The number of nitrogens with one attached hydrogen (secondary N) is 1. The molecule has 2 heterocycles. The smallest absolute Gasteiger partial charge is 0.256 e. The molecule has 2 aliphatic rings. The van der Waals surface area contributed by atoms with E-state index >= 15 is 0 Å². The maximum Gasteiger partial charge on any atom is 0.256 e. The number of aliphatic hydroxyl groups is 1. The molecule has 1 fully saturated rings. The lowest BCUT2D eigenvalue weighted by Gasteiger charge is -2.20. The van der Waals surface area contributed by atoms with Crippen LogP contribution in [-0.4, -0.2) is 36.8 Å². The highest BCUT2D eigenvalue weighted by molar-refractivity contribution is 7.89. The highest BCUT2D eigenvalue weighted by Crippen LogP contribution is 2.40. The first kappa shape index (κ1) is 22.4. The molecule has 0 spiro atoms. The molecule has 1 aliphatic carbocycles. The summed E-state index contributed by atoms with van der Waals surface area (Å²) in [6.07, 6.45) is 6.63. The van der Waals surface area contributed by atoms with Gasteiger partial charge in [-0.15, -0.1) is 11.3 Å². The third-order valence-electron chi connectivity index (χ3n) is 6.05. The van der Waals surface area contributed by atoms with Crippen molar-refractivity contribution in [1.29, 1.82) is 0 Å². The lowest BCUT2D eigenvalue weighted by molar-refractivity contribution is 0.102. The molecule has 1 saturated heterocycles. The van der Waals surface area contributed by atoms with Gasteiger partial charge in [-0.05, 0) is 68.4 Å². The number of nitrogens with zero attached hydrogens (tertiary/aromatic N) is 1. The van der Waals surface area contributed by atoms with Gasteiger partial charge < -0.3 is 16.2 Å². The fourth-order valence-corrected chi connectivity index (χ4v) is 7.22. The van der Waals surface area contributed by atoms with E-state index in [0.717, 1.165) is 56.9 Å². The Bertz CT molecular complexity index is 1040. The number of rotatable bonds is 5. The Morgan fingerprint density at radius 2 is 1.68 bits per heavy atom. The number of hydrogen-bond donors (Lipinski definition) is 3. The number of thiophene rings is 1. The van der Waals surface area contributed by atoms with Crippen molar-refractivity contribution in [2.24, 2.45) is 5.73 Å². The monoisotopic (exact) mass is 463 g/mol. The van der Waals surface area contributed by atoms with Gasteiger partial charge in [-0.2, -0.15) is 4.31 Å². The Morgan fingerprint density at radius 3 is 2.32 bits per heavy atom. The van der Waals surface area contributed by atoms with Gasteiger partial charge in [0, 0.05) is 29.1 Å². The largest absolute Gasteiger partial charge is 0.374 e. The van der Waals surface area contributed by atoms with Crippen LogP contribution in [0.3, 0.4) is 0 Å². The number of nitrogens with two attached hydrogens (primary N) is 1. The van der Waals surface area contributed by atoms with Crippen molar-refractivity contribution >= 4 is 32.3 Å². The molecule has 168 valence electrons. The highest BCUT2D eigenvalue weighted by Gasteiger charge is 2.27. The third-order valence-corrected chi connectivity index (χ3v) is 9.19. The molecule has 1 atom stereocenters. The molecule has 7 nitrogen and oxygen atoms in total. The molecular weight excluding hydrogens is 434 g/mol. The highest BCUT2D eigenvalue weighted by atomic mass is 32.2. The summed E-state index contributed by atoms with van der Waals surface area (Å²) < 4.78 is 27.4. The van der Waals surface area contributed by atoms with E-state index in [9.17, 15) is 18.3 Å². The van der Waals surface area contributed by atoms with Crippen LogP contribution in [0, 0.1) is 0 Å². The van der Waals surface area contributed by atoms with Crippen LogP contribution in [0.1, 0.15) is 71.1 Å². The molecule has 4 N–H and O–H groups in total. The first-order valence-electron chi connectivity index (χ1n) is 10.9. The van der Waals surface area contributed by atoms with Crippen LogP contribution < -0.4 is 11.1 Å². The molecule has 0 saturated carbocycles. The maximum absolute atomic E-state index is 12.9. The number of fused-ring (bicyclic) bond motifs is 1. The van der Waals surface area contributed by atoms with Crippen LogP contribution in [0.25, 0.3) is 0 Å². The predicted octanol–water partition coefficient (Wildman–Crippen LogP) is 3.39. The SMILES string of the molecule is NC(O)c1c(NC(=O)c2ccc(S(=O)(=O)N3CCCCCC3)cc2)sc2c1CCCC2. The van der Waals surface area contributed by atoms with E-state index in [1.165, 1.54) is 40.5 Å². The van der Waals surface area contributed by atoms with Crippen LogP contribution in [-0.2, 0) is 22.9 Å². The minimum Gasteiger partial charge on any atom is -0.374 e. The van der Waals surface area contributed by atoms with Crippen LogP contribution in [0.5, 0.6) is 0 Å². The predicted molar refractivity (Wildman–Crippen MR) is 122 cm³/mol. The zero-order valence-corrected chi connectivity index (χ0v) is 19.1. The summed E-state index contributed by atoms with van der Waals surface area (Å²) in [6, 6.07) is 6.05. The van der Waals surface area contributed by atoms with E-state index in [-0.39, 0.29) is 10.8 Å². The van der Waals surface area contributed by atoms with Gasteiger partial charge >= 0.3 is 0 Å². The number of hydrogen-bond acceptors (Lipinski definition) is 6. The normalized spacial score (nSPS) is 18.8. The fraction of sp³-hybridized carbons (Fsp3) is 0.500. The molecule has 0 bridgehead atoms. The number of aliphatic hydroxyl groups excluding tert-OH is 1. The molecule has 0 radical (unpaired) electrons. The third kappa shape index (κ3) is 4.70. The lowest BCUT2D eigenvalue weighted by Crippen LogP contribution is -2.31. The number of benzene rings is 1. The molecule has 9 heteroatoms. The summed E-state index contributed by atoms with van der Waals surface area (Å²) in [4.78, 5) is 14.2. The van der Waals surface area contributed by atoms with Gasteiger partial charge in [-0.25, -0.2) is 8.42 Å². The Hall–Kier alpha value is -1.78. The van der Waals surface area contributed by atoms with Gasteiger partial charge in [-0.1, -0.05) is 12.8 Å². The van der Waals surface area contributed by atoms with Gasteiger partial charge in [0.1, 0.15) is 11.2 Å². The van der Waals surface area contributed by atoms with Crippen molar-refractivity contribution in [3.05, 3.63) is 45.8 Å². The first-order chi connectivity index (χ1) is 14.9. The second kappa shape index (κ2) is 9.38. The van der Waals surface area contributed by atoms with Gasteiger partial charge in [0.2, 0.25) is 10.0 Å². The molecule has 1 aromatic heterocycles. The second-order valence-electron chi connectivity index (χ2n) is 8.20. The van der Waals surface area contributed by atoms with Crippen molar-refractivity contribution in [3.63, 3.8) is 0 Å². The van der Waals surface area contributed by atoms with Crippen molar-refractivity contribution in [2.75, 3.05) is 18.4 Å². The first-order valence-corrected chi connectivity index (χ1v) is 13.1. The van der Waals surface area contributed by atoms with E-state index in [4.69, 9.17) is 5.73 Å². The van der Waals surface area contributed by atoms with Crippen LogP contribution in [0.4, 0.5) is 5.00 Å². The molecule has 1 unspecified atom stereocenters. The number of anilines is 1.